The van der Waals surface area contributed by atoms with Crippen LogP contribution in [0.5, 0.6) is 0 Å². The minimum Gasteiger partial charge on any atom is -0.356 e. The Labute approximate surface area is 197 Å². The van der Waals surface area contributed by atoms with E-state index in [9.17, 15) is 19.2 Å². The molecule has 3 N–H and O–H groups in total. The van der Waals surface area contributed by atoms with E-state index in [1.165, 1.54) is 11.8 Å². The smallest absolute Gasteiger partial charge is 0.251 e. The molecule has 9 heteroatoms. The summed E-state index contributed by atoms with van der Waals surface area (Å²) in [5, 5.41) is 7.72. The Bertz CT molecular complexity index is 1150. The maximum Gasteiger partial charge on any atom is 0.251 e. The van der Waals surface area contributed by atoms with Crippen LogP contribution in [0.1, 0.15) is 28.8 Å². The van der Waals surface area contributed by atoms with Gasteiger partial charge in [0.2, 0.25) is 11.8 Å². The SMILES string of the molecule is Cc1ccccc1.O=CC(CC1CCNC1=O)NC(=O)CNC(=O)c1ccc2nccnc2c1. The number of carbonyl (C=O) groups is 4. The third-order valence-corrected chi connectivity index (χ3v) is 5.29. The molecule has 2 heterocycles. The van der Waals surface area contributed by atoms with E-state index in [1.807, 2.05) is 18.2 Å². The fourth-order valence-corrected chi connectivity index (χ4v) is 3.48. The Morgan fingerprint density at radius 3 is 2.47 bits per heavy atom. The molecule has 2 aromatic carbocycles. The molecule has 2 atom stereocenters. The van der Waals surface area contributed by atoms with Gasteiger partial charge in [0, 0.05) is 30.4 Å². The number of aldehydes is 1. The van der Waals surface area contributed by atoms with Gasteiger partial charge in [-0.2, -0.15) is 0 Å². The third kappa shape index (κ3) is 7.19. The molecule has 3 amide bonds. The van der Waals surface area contributed by atoms with E-state index < -0.39 is 17.9 Å². The van der Waals surface area contributed by atoms with Gasteiger partial charge in [-0.3, -0.25) is 24.4 Å². The Morgan fingerprint density at radius 2 is 1.85 bits per heavy atom. The van der Waals surface area contributed by atoms with E-state index in [1.54, 1.807) is 24.4 Å². The van der Waals surface area contributed by atoms with Crippen molar-refractivity contribution >= 4 is 35.0 Å². The van der Waals surface area contributed by atoms with Gasteiger partial charge in [0.25, 0.3) is 5.91 Å². The molecule has 1 aliphatic rings. The molecule has 176 valence electrons. The first-order valence-corrected chi connectivity index (χ1v) is 11.0. The predicted octanol–water partition coefficient (Wildman–Crippen LogP) is 1.56. The van der Waals surface area contributed by atoms with Crippen LogP contribution in [0, 0.1) is 12.8 Å². The Balaban J connectivity index is 0.000000396. The molecule has 34 heavy (non-hydrogen) atoms. The van der Waals surface area contributed by atoms with Crippen molar-refractivity contribution in [2.24, 2.45) is 5.92 Å². The van der Waals surface area contributed by atoms with Gasteiger partial charge in [0.1, 0.15) is 6.29 Å². The van der Waals surface area contributed by atoms with Crippen molar-refractivity contribution in [3.8, 4) is 0 Å². The molecule has 2 unspecified atom stereocenters. The minimum atomic E-state index is -0.765. The highest BCUT2D eigenvalue weighted by molar-refractivity contribution is 5.99. The molecule has 1 saturated heterocycles. The summed E-state index contributed by atoms with van der Waals surface area (Å²) >= 11 is 0. The van der Waals surface area contributed by atoms with Crippen LogP contribution in [-0.4, -0.2) is 53.1 Å². The zero-order chi connectivity index (χ0) is 24.3. The molecule has 3 aromatic rings. The summed E-state index contributed by atoms with van der Waals surface area (Å²) in [5.74, 6) is -1.33. The average molecular weight is 462 g/mol. The van der Waals surface area contributed by atoms with Crippen LogP contribution >= 0.6 is 0 Å². The highest BCUT2D eigenvalue weighted by Crippen LogP contribution is 2.15. The summed E-state index contributed by atoms with van der Waals surface area (Å²) in [6.45, 7) is 2.38. The molecule has 0 radical (unpaired) electrons. The zero-order valence-corrected chi connectivity index (χ0v) is 18.9. The maximum absolute atomic E-state index is 12.2. The van der Waals surface area contributed by atoms with Gasteiger partial charge in [0.15, 0.2) is 0 Å². The number of benzene rings is 2. The van der Waals surface area contributed by atoms with Crippen LogP contribution in [0.4, 0.5) is 0 Å². The van der Waals surface area contributed by atoms with Gasteiger partial charge in [-0.25, -0.2) is 0 Å². The fourth-order valence-electron chi connectivity index (χ4n) is 3.48. The first-order valence-electron chi connectivity index (χ1n) is 11.0. The van der Waals surface area contributed by atoms with E-state index in [4.69, 9.17) is 0 Å². The quantitative estimate of drug-likeness (QED) is 0.458. The van der Waals surface area contributed by atoms with Crippen LogP contribution in [0.3, 0.4) is 0 Å². The number of hydrogen-bond acceptors (Lipinski definition) is 6. The zero-order valence-electron chi connectivity index (χ0n) is 18.9. The highest BCUT2D eigenvalue weighted by Gasteiger charge is 2.27. The summed E-state index contributed by atoms with van der Waals surface area (Å²) in [6, 6.07) is 14.4. The number of carbonyl (C=O) groups excluding carboxylic acids is 4. The first kappa shape index (κ1) is 24.5. The topological polar surface area (TPSA) is 130 Å². The molecule has 0 saturated carbocycles. The Kier molecular flexibility index (Phi) is 8.79. The number of amides is 3. The molecule has 9 nitrogen and oxygen atoms in total. The van der Waals surface area contributed by atoms with E-state index in [0.717, 1.165) is 0 Å². The normalized spacial score (nSPS) is 15.4. The van der Waals surface area contributed by atoms with Crippen molar-refractivity contribution < 1.29 is 19.2 Å². The highest BCUT2D eigenvalue weighted by atomic mass is 16.2. The van der Waals surface area contributed by atoms with Crippen molar-refractivity contribution in [1.29, 1.82) is 0 Å². The van der Waals surface area contributed by atoms with Crippen LogP contribution < -0.4 is 16.0 Å². The number of nitrogens with zero attached hydrogens (tertiary/aromatic N) is 2. The van der Waals surface area contributed by atoms with Crippen LogP contribution in [0.25, 0.3) is 11.0 Å². The lowest BCUT2D eigenvalue weighted by Crippen LogP contribution is -2.43. The lowest BCUT2D eigenvalue weighted by Gasteiger charge is -2.15. The van der Waals surface area contributed by atoms with Crippen LogP contribution in [0.15, 0.2) is 60.9 Å². The summed E-state index contributed by atoms with van der Waals surface area (Å²) in [6.07, 6.45) is 4.58. The molecule has 0 spiro atoms. The van der Waals surface area contributed by atoms with Crippen molar-refractivity contribution in [2.45, 2.75) is 25.8 Å². The summed E-state index contributed by atoms with van der Waals surface area (Å²) < 4.78 is 0. The Hall–Kier alpha value is -4.14. The van der Waals surface area contributed by atoms with E-state index >= 15 is 0 Å². The van der Waals surface area contributed by atoms with Crippen molar-refractivity contribution in [1.82, 2.24) is 25.9 Å². The van der Waals surface area contributed by atoms with Gasteiger partial charge in [-0.05, 0) is 38.0 Å². The molecule has 0 aliphatic carbocycles. The van der Waals surface area contributed by atoms with Gasteiger partial charge in [0.05, 0.1) is 23.6 Å². The van der Waals surface area contributed by atoms with Crippen molar-refractivity contribution in [3.05, 3.63) is 72.1 Å². The molecule has 4 rings (SSSR count). The number of aryl methyl sites for hydroxylation is 1. The molecule has 0 bridgehead atoms. The maximum atomic E-state index is 12.2. The predicted molar refractivity (Wildman–Crippen MR) is 127 cm³/mol. The lowest BCUT2D eigenvalue weighted by molar-refractivity contribution is -0.125. The number of rotatable bonds is 7. The van der Waals surface area contributed by atoms with Gasteiger partial charge in [-0.15, -0.1) is 0 Å². The monoisotopic (exact) mass is 461 g/mol. The number of aromatic nitrogens is 2. The number of nitrogens with one attached hydrogen (secondary N) is 3. The standard InChI is InChI=1S/C18H19N5O4.C7H8/c24-10-13(7-12-3-4-21-17(12)26)23-16(25)9-22-18(27)11-1-2-14-15(8-11)20-6-5-19-14;1-7-5-3-2-4-6-7/h1-2,5-6,8,10,12-13H,3-4,7,9H2,(H,21,26)(H,22,27)(H,23,25);2-6H,1H3. The summed E-state index contributed by atoms with van der Waals surface area (Å²) in [5.41, 5.74) is 2.91. The molecule has 1 fully saturated rings. The summed E-state index contributed by atoms with van der Waals surface area (Å²) in [4.78, 5) is 55.2. The largest absolute Gasteiger partial charge is 0.356 e. The first-order chi connectivity index (χ1) is 16.5. The van der Waals surface area contributed by atoms with Gasteiger partial charge >= 0.3 is 0 Å². The number of hydrogen-bond donors (Lipinski definition) is 3. The van der Waals surface area contributed by atoms with Crippen molar-refractivity contribution in [2.75, 3.05) is 13.1 Å². The van der Waals surface area contributed by atoms with E-state index in [2.05, 4.69) is 45.0 Å². The van der Waals surface area contributed by atoms with E-state index in [-0.39, 0.29) is 24.8 Å². The van der Waals surface area contributed by atoms with Gasteiger partial charge in [-0.1, -0.05) is 35.9 Å². The average Bonchev–Trinajstić information content (AvgIpc) is 3.26. The van der Waals surface area contributed by atoms with E-state index in [0.29, 0.717) is 35.8 Å². The fraction of sp³-hybridized carbons (Fsp3) is 0.280. The van der Waals surface area contributed by atoms with Gasteiger partial charge < -0.3 is 20.7 Å². The molecule has 1 aliphatic heterocycles. The Morgan fingerprint density at radius 1 is 1.12 bits per heavy atom. The third-order valence-electron chi connectivity index (χ3n) is 5.29. The second-order valence-corrected chi connectivity index (χ2v) is 7.92. The second kappa shape index (κ2) is 12.2. The van der Waals surface area contributed by atoms with Crippen LogP contribution in [-0.2, 0) is 14.4 Å². The molecular formula is C25H27N5O4. The molecule has 1 aromatic heterocycles. The second-order valence-electron chi connectivity index (χ2n) is 7.92. The minimum absolute atomic E-state index is 0.108. The van der Waals surface area contributed by atoms with Crippen LogP contribution in [0.2, 0.25) is 0 Å². The molecular weight excluding hydrogens is 434 g/mol. The lowest BCUT2D eigenvalue weighted by atomic mass is 9.99. The number of fused-ring (bicyclic) bond motifs is 1. The van der Waals surface area contributed by atoms with Crippen molar-refractivity contribution in [3.63, 3.8) is 0 Å². The summed E-state index contributed by atoms with van der Waals surface area (Å²) in [7, 11) is 0.